The largest absolute Gasteiger partial charge is 1.00 e. The van der Waals surface area contributed by atoms with Gasteiger partial charge in [-0.1, -0.05) is 125 Å². The molecule has 1 aliphatic rings. The van der Waals surface area contributed by atoms with Gasteiger partial charge in [-0.25, -0.2) is 16.5 Å². The minimum Gasteiger partial charge on any atom is -0.340 e. The van der Waals surface area contributed by atoms with Crippen LogP contribution in [0, 0.1) is 30.7 Å². The summed E-state index contributed by atoms with van der Waals surface area (Å²) in [7, 11) is 4.06. The monoisotopic (exact) mass is 756 g/mol. The fourth-order valence-electron chi connectivity index (χ4n) is 4.10. The summed E-state index contributed by atoms with van der Waals surface area (Å²) in [6.45, 7) is 37.9. The molecule has 280 valence electrons. The van der Waals surface area contributed by atoms with Crippen LogP contribution < -0.4 is 58.2 Å². The topological polar surface area (TPSA) is 33.4 Å². The van der Waals surface area contributed by atoms with Gasteiger partial charge in [0, 0.05) is 19.3 Å². The summed E-state index contributed by atoms with van der Waals surface area (Å²) in [6, 6.07) is 6.66. The number of piperidine rings is 1. The molecule has 2 aromatic rings. The first-order chi connectivity index (χ1) is 22.9. The van der Waals surface area contributed by atoms with Gasteiger partial charge in [0.15, 0.2) is 0 Å². The average Bonchev–Trinajstić information content (AvgIpc) is 3.50. The summed E-state index contributed by atoms with van der Waals surface area (Å²) in [4.78, 5) is 6.72. The number of benzene rings is 1. The number of nitrogens with zero attached hydrogens (tertiary/aromatic N) is 4. The van der Waals surface area contributed by atoms with E-state index in [4.69, 9.17) is 0 Å². The molecule has 1 unspecified atom stereocenters. The van der Waals surface area contributed by atoms with E-state index in [1.807, 2.05) is 67.8 Å². The fraction of sp³-hybridized carbons (Fsp3) is 0.651. The Labute approximate surface area is 355 Å². The average molecular weight is 757 g/mol. The summed E-state index contributed by atoms with van der Waals surface area (Å²) in [5, 5.41) is 3.87. The summed E-state index contributed by atoms with van der Waals surface area (Å²) in [6.07, 6.45) is 18.8. The second-order valence-corrected chi connectivity index (χ2v) is 12.1. The van der Waals surface area contributed by atoms with Gasteiger partial charge in [0.25, 0.3) is 0 Å². The number of aliphatic imine (C=N–C) groups is 1. The van der Waals surface area contributed by atoms with E-state index in [1.54, 1.807) is 23.0 Å². The minimum atomic E-state index is -0.144. The number of unbranched alkanes of at least 4 members (excludes halogenated alkanes) is 2. The second-order valence-electron chi connectivity index (χ2n) is 12.1. The number of likely N-dealkylation sites (tertiary alicyclic amines) is 1. The van der Waals surface area contributed by atoms with Gasteiger partial charge in [-0.2, -0.15) is 19.1 Å². The molecule has 2 heterocycles. The van der Waals surface area contributed by atoms with Crippen molar-refractivity contribution < 1.29 is 62.6 Å². The van der Waals surface area contributed by atoms with Crippen LogP contribution in [-0.4, -0.2) is 47.1 Å². The van der Waals surface area contributed by atoms with Gasteiger partial charge >= 0.3 is 58.2 Å². The van der Waals surface area contributed by atoms with Crippen molar-refractivity contribution in [2.24, 2.45) is 23.9 Å². The minimum absolute atomic E-state index is 0. The fourth-order valence-corrected chi connectivity index (χ4v) is 4.10. The third-order valence-corrected chi connectivity index (χ3v) is 7.71. The molecular formula is C43H79FN4Rb-. The maximum atomic E-state index is 12.4. The van der Waals surface area contributed by atoms with E-state index in [0.717, 1.165) is 47.9 Å². The molecule has 0 aliphatic carbocycles. The van der Waals surface area contributed by atoms with Crippen LogP contribution in [0.25, 0.3) is 0 Å². The first-order valence-corrected chi connectivity index (χ1v) is 18.8. The van der Waals surface area contributed by atoms with Crippen molar-refractivity contribution in [1.82, 2.24) is 14.7 Å². The molecule has 1 aromatic heterocycles. The predicted octanol–water partition coefficient (Wildman–Crippen LogP) is 9.80. The van der Waals surface area contributed by atoms with Crippen molar-refractivity contribution in [2.45, 2.75) is 140 Å². The van der Waals surface area contributed by atoms with E-state index in [-0.39, 0.29) is 64.0 Å². The molecule has 1 saturated heterocycles. The van der Waals surface area contributed by atoms with Gasteiger partial charge in [-0.05, 0) is 89.2 Å². The van der Waals surface area contributed by atoms with Crippen LogP contribution in [0.4, 0.5) is 4.39 Å². The van der Waals surface area contributed by atoms with Crippen molar-refractivity contribution >= 4 is 5.71 Å². The second kappa shape index (κ2) is 43.3. The van der Waals surface area contributed by atoms with Gasteiger partial charge in [-0.3, -0.25) is 16.2 Å². The van der Waals surface area contributed by atoms with E-state index >= 15 is 0 Å². The molecule has 0 amide bonds. The molecule has 0 bridgehead atoms. The molecule has 2 atom stereocenters. The number of aromatic nitrogens is 2. The molecule has 49 heavy (non-hydrogen) atoms. The van der Waals surface area contributed by atoms with Crippen LogP contribution >= 0.6 is 0 Å². The summed E-state index contributed by atoms with van der Waals surface area (Å²) < 4.78 is 14.1. The van der Waals surface area contributed by atoms with Crippen molar-refractivity contribution in [3.63, 3.8) is 0 Å². The van der Waals surface area contributed by atoms with Crippen LogP contribution in [0.15, 0.2) is 60.4 Å². The van der Waals surface area contributed by atoms with Gasteiger partial charge in [0.2, 0.25) is 0 Å². The summed E-state index contributed by atoms with van der Waals surface area (Å²) in [5.74, 6) is 1.69. The van der Waals surface area contributed by atoms with Gasteiger partial charge in [-0.15, -0.1) is 0 Å². The van der Waals surface area contributed by atoms with Crippen molar-refractivity contribution in [3.8, 4) is 0 Å². The quantitative estimate of drug-likeness (QED) is 0.0991. The van der Waals surface area contributed by atoms with Gasteiger partial charge in [0.05, 0.1) is 0 Å². The number of aryl methyl sites for hydroxylation is 2. The first kappa shape index (κ1) is 57.5. The molecule has 4 nitrogen and oxygen atoms in total. The first-order valence-electron chi connectivity index (χ1n) is 18.8. The maximum Gasteiger partial charge on any atom is 1.00 e. The van der Waals surface area contributed by atoms with E-state index in [0.29, 0.717) is 0 Å². The summed E-state index contributed by atoms with van der Waals surface area (Å²) >= 11 is 0. The molecule has 0 saturated carbocycles. The molecule has 0 radical (unpaired) electrons. The third kappa shape index (κ3) is 43.2. The number of halogens is 1. The van der Waals surface area contributed by atoms with E-state index in [1.165, 1.54) is 76.2 Å². The zero-order valence-corrected chi connectivity index (χ0v) is 40.0. The summed E-state index contributed by atoms with van der Waals surface area (Å²) in [5.41, 5.74) is 4.21. The zero-order valence-electron chi connectivity index (χ0n) is 35.1. The number of hydrogen-bond donors (Lipinski definition) is 0. The van der Waals surface area contributed by atoms with E-state index in [2.05, 4.69) is 75.9 Å². The van der Waals surface area contributed by atoms with E-state index < -0.39 is 0 Å². The SMILES string of the molecule is C=[C-]C(=C)CCCCCN=C(C)C.CC.CC.CCC(C)[C@H](C)CC.CCc1cccc(F)c1.CN1CCCCC1.[CH2-]c1cnn(C)c1.[Rb+]. The van der Waals surface area contributed by atoms with Crippen LogP contribution in [0.2, 0.25) is 0 Å². The van der Waals surface area contributed by atoms with Crippen molar-refractivity contribution in [2.75, 3.05) is 26.7 Å². The van der Waals surface area contributed by atoms with Crippen LogP contribution in [0.1, 0.15) is 145 Å². The Morgan fingerprint density at radius 1 is 0.959 bits per heavy atom. The van der Waals surface area contributed by atoms with Crippen LogP contribution in [0.5, 0.6) is 0 Å². The predicted molar refractivity (Wildman–Crippen MR) is 217 cm³/mol. The normalized spacial score (nSPS) is 12.4. The number of rotatable bonds is 11. The Balaban J connectivity index is -0.000000162. The van der Waals surface area contributed by atoms with Crippen molar-refractivity contribution in [1.29, 1.82) is 0 Å². The standard InChI is InChI=1S/C12H20N.C8H9F.C8H18.C6H13N.C5H7N2.2C2H6.Rb/c1-5-12(4)9-7-6-8-10-13-11(2)3;1-2-7-4-3-5-8(9)6-7;1-5-7(3)8(4)6-2;1-7-5-3-2-4-6-7;1-5-3-6-7(2)4-5;2*1-2;/h1,4,6-10H2,2-3H3;3-6H,2H2,1H3;7-8H,5-6H2,1-4H3;2-6H2,1H3;3-4H,1H2,2H3;2*1-2H3;/q-1;;;;-1;;;+1/t;;7-,8?;;;;;/m..1...../s1. The van der Waals surface area contributed by atoms with Crippen molar-refractivity contribution in [3.05, 3.63) is 85.3 Å². The van der Waals surface area contributed by atoms with Gasteiger partial charge in [0.1, 0.15) is 5.82 Å². The third-order valence-electron chi connectivity index (χ3n) is 7.71. The Morgan fingerprint density at radius 2 is 1.51 bits per heavy atom. The Morgan fingerprint density at radius 3 is 1.82 bits per heavy atom. The molecule has 6 heteroatoms. The van der Waals surface area contributed by atoms with E-state index in [9.17, 15) is 4.39 Å². The Hall–Kier alpha value is -0.855. The molecule has 3 rings (SSSR count). The molecule has 0 N–H and O–H groups in total. The molecule has 0 spiro atoms. The van der Waals surface area contributed by atoms with Crippen LogP contribution in [-0.2, 0) is 13.5 Å². The number of allylic oxidation sites excluding steroid dienone is 2. The van der Waals surface area contributed by atoms with Gasteiger partial charge < -0.3 is 9.58 Å². The maximum absolute atomic E-state index is 12.4. The Bertz CT molecular complexity index is 967. The van der Waals surface area contributed by atoms with Crippen LogP contribution in [0.3, 0.4) is 0 Å². The zero-order chi connectivity index (χ0) is 37.8. The molecule has 1 aliphatic heterocycles. The number of hydrogen-bond acceptors (Lipinski definition) is 3. The molecule has 1 fully saturated rings. The smallest absolute Gasteiger partial charge is 0.340 e. The molecular weight excluding hydrogens is 677 g/mol. The Kier molecular flexibility index (Phi) is 50.8. The molecule has 1 aromatic carbocycles.